The molecule has 1 aromatic rings. The number of aromatic nitrogens is 2. The van der Waals surface area contributed by atoms with Gasteiger partial charge in [-0.1, -0.05) is 0 Å². The maximum Gasteiger partial charge on any atom is 0.330 e. The Kier molecular flexibility index (Phi) is 4.09. The van der Waals surface area contributed by atoms with Crippen LogP contribution < -0.4 is 16.6 Å². The fourth-order valence-corrected chi connectivity index (χ4v) is 4.33. The first-order valence-corrected chi connectivity index (χ1v) is 8.11. The summed E-state index contributed by atoms with van der Waals surface area (Å²) in [4.78, 5) is 23.4. The Morgan fingerprint density at radius 1 is 1.14 bits per heavy atom. The molecule has 1 fully saturated rings. The Labute approximate surface area is 123 Å². The number of sulfonamides is 1. The standard InChI is InChI=1S/C12H20N4O4S/c1-8-5-16(6-9(2)13-8)21(19,20)10-7-14(3)12(18)15(4)11(10)17/h7-9,13H,5-6H2,1-4H3. The van der Waals surface area contributed by atoms with Crippen LogP contribution in [0.4, 0.5) is 0 Å². The van der Waals surface area contributed by atoms with E-state index < -0.39 is 21.3 Å². The van der Waals surface area contributed by atoms with E-state index in [1.807, 2.05) is 13.8 Å². The first kappa shape index (κ1) is 15.9. The van der Waals surface area contributed by atoms with Gasteiger partial charge in [-0.3, -0.25) is 9.36 Å². The molecule has 1 aliphatic heterocycles. The molecule has 2 atom stereocenters. The van der Waals surface area contributed by atoms with Gasteiger partial charge < -0.3 is 9.88 Å². The highest BCUT2D eigenvalue weighted by Crippen LogP contribution is 2.15. The fraction of sp³-hybridized carbons (Fsp3) is 0.667. The van der Waals surface area contributed by atoms with Crippen molar-refractivity contribution in [1.82, 2.24) is 18.8 Å². The van der Waals surface area contributed by atoms with Crippen LogP contribution in [-0.2, 0) is 24.1 Å². The van der Waals surface area contributed by atoms with Gasteiger partial charge >= 0.3 is 5.69 Å². The van der Waals surface area contributed by atoms with Gasteiger partial charge in [0.15, 0.2) is 4.90 Å². The highest BCUT2D eigenvalue weighted by atomic mass is 32.2. The van der Waals surface area contributed by atoms with E-state index in [-0.39, 0.29) is 17.0 Å². The third-order valence-corrected chi connectivity index (χ3v) is 5.37. The monoisotopic (exact) mass is 316 g/mol. The molecule has 0 aromatic carbocycles. The third kappa shape index (κ3) is 2.81. The predicted octanol–water partition coefficient (Wildman–Crippen LogP) is -1.55. The lowest BCUT2D eigenvalue weighted by Gasteiger charge is -2.35. The molecule has 1 aromatic heterocycles. The van der Waals surface area contributed by atoms with Gasteiger partial charge in [0.2, 0.25) is 10.0 Å². The molecule has 0 aliphatic carbocycles. The zero-order valence-corrected chi connectivity index (χ0v) is 13.3. The molecular weight excluding hydrogens is 296 g/mol. The van der Waals surface area contributed by atoms with E-state index in [1.54, 1.807) is 0 Å². The van der Waals surface area contributed by atoms with Crippen LogP contribution in [0.2, 0.25) is 0 Å². The van der Waals surface area contributed by atoms with Crippen LogP contribution in [0.1, 0.15) is 13.8 Å². The molecule has 0 radical (unpaired) electrons. The van der Waals surface area contributed by atoms with Crippen molar-refractivity contribution in [3.8, 4) is 0 Å². The molecule has 2 heterocycles. The second-order valence-corrected chi connectivity index (χ2v) is 7.45. The van der Waals surface area contributed by atoms with E-state index >= 15 is 0 Å². The Hall–Kier alpha value is -1.45. The summed E-state index contributed by atoms with van der Waals surface area (Å²) < 4.78 is 28.6. The SMILES string of the molecule is CC1CN(S(=O)(=O)c2cn(C)c(=O)n(C)c2=O)CC(C)N1. The molecule has 0 saturated carbocycles. The Morgan fingerprint density at radius 2 is 1.67 bits per heavy atom. The molecule has 9 heteroatoms. The molecule has 21 heavy (non-hydrogen) atoms. The molecule has 1 aliphatic rings. The van der Waals surface area contributed by atoms with E-state index in [0.717, 1.165) is 15.3 Å². The zero-order chi connectivity index (χ0) is 15.9. The lowest BCUT2D eigenvalue weighted by Crippen LogP contribution is -2.56. The minimum Gasteiger partial charge on any atom is -0.309 e. The predicted molar refractivity (Wildman–Crippen MR) is 77.7 cm³/mol. The molecule has 1 N–H and O–H groups in total. The van der Waals surface area contributed by atoms with Crippen LogP contribution in [0.15, 0.2) is 20.7 Å². The van der Waals surface area contributed by atoms with Crippen molar-refractivity contribution in [2.45, 2.75) is 30.8 Å². The summed E-state index contributed by atoms with van der Waals surface area (Å²) in [6.07, 6.45) is 1.09. The molecule has 118 valence electrons. The van der Waals surface area contributed by atoms with E-state index in [9.17, 15) is 18.0 Å². The molecule has 2 rings (SSSR count). The van der Waals surface area contributed by atoms with Crippen LogP contribution in [-0.4, -0.2) is 47.0 Å². The van der Waals surface area contributed by atoms with Crippen molar-refractivity contribution in [1.29, 1.82) is 0 Å². The summed E-state index contributed by atoms with van der Waals surface area (Å²) >= 11 is 0. The number of hydrogen-bond acceptors (Lipinski definition) is 5. The number of hydrogen-bond donors (Lipinski definition) is 1. The van der Waals surface area contributed by atoms with E-state index in [4.69, 9.17) is 0 Å². The molecule has 1 saturated heterocycles. The van der Waals surface area contributed by atoms with Gasteiger partial charge in [0, 0.05) is 45.5 Å². The number of nitrogens with one attached hydrogen (secondary N) is 1. The molecule has 0 amide bonds. The minimum absolute atomic E-state index is 0.0000845. The number of nitrogens with zero attached hydrogens (tertiary/aromatic N) is 3. The van der Waals surface area contributed by atoms with Crippen molar-refractivity contribution < 1.29 is 8.42 Å². The smallest absolute Gasteiger partial charge is 0.309 e. The largest absolute Gasteiger partial charge is 0.330 e. The second-order valence-electron chi connectivity index (χ2n) is 5.54. The van der Waals surface area contributed by atoms with Crippen molar-refractivity contribution >= 4 is 10.0 Å². The number of piperazine rings is 1. The molecular formula is C12H20N4O4S. The van der Waals surface area contributed by atoms with Crippen LogP contribution in [0.25, 0.3) is 0 Å². The van der Waals surface area contributed by atoms with Gasteiger partial charge in [-0.15, -0.1) is 0 Å². The van der Waals surface area contributed by atoms with Gasteiger partial charge in [-0.25, -0.2) is 13.2 Å². The van der Waals surface area contributed by atoms with Crippen molar-refractivity contribution in [2.24, 2.45) is 14.1 Å². The minimum atomic E-state index is -3.92. The average Bonchev–Trinajstić information content (AvgIpc) is 2.39. The lowest BCUT2D eigenvalue weighted by molar-refractivity contribution is 0.262. The topological polar surface area (TPSA) is 93.4 Å². The third-order valence-electron chi connectivity index (χ3n) is 3.56. The summed E-state index contributed by atoms with van der Waals surface area (Å²) in [6, 6.07) is -0.000169. The average molecular weight is 316 g/mol. The molecule has 0 bridgehead atoms. The Bertz CT molecular complexity index is 754. The first-order valence-electron chi connectivity index (χ1n) is 6.67. The molecule has 2 unspecified atom stereocenters. The van der Waals surface area contributed by atoms with Crippen molar-refractivity contribution in [3.05, 3.63) is 27.0 Å². The highest BCUT2D eigenvalue weighted by molar-refractivity contribution is 7.89. The number of rotatable bonds is 2. The first-order chi connectivity index (χ1) is 9.64. The molecule has 8 nitrogen and oxygen atoms in total. The lowest BCUT2D eigenvalue weighted by atomic mass is 10.2. The molecule has 0 spiro atoms. The normalized spacial score (nSPS) is 24.2. The van der Waals surface area contributed by atoms with Gasteiger partial charge in [-0.2, -0.15) is 4.31 Å². The van der Waals surface area contributed by atoms with Crippen LogP contribution in [0.5, 0.6) is 0 Å². The van der Waals surface area contributed by atoms with Crippen LogP contribution >= 0.6 is 0 Å². The van der Waals surface area contributed by atoms with Crippen molar-refractivity contribution in [2.75, 3.05) is 13.1 Å². The summed E-state index contributed by atoms with van der Waals surface area (Å²) in [5, 5.41) is 3.23. The summed E-state index contributed by atoms with van der Waals surface area (Å²) in [5.74, 6) is 0. The van der Waals surface area contributed by atoms with Crippen LogP contribution in [0.3, 0.4) is 0 Å². The van der Waals surface area contributed by atoms with E-state index in [1.165, 1.54) is 18.4 Å². The number of aryl methyl sites for hydroxylation is 1. The van der Waals surface area contributed by atoms with Gasteiger partial charge in [0.25, 0.3) is 5.56 Å². The summed E-state index contributed by atoms with van der Waals surface area (Å²) in [5.41, 5.74) is -1.35. The van der Waals surface area contributed by atoms with Gasteiger partial charge in [0.05, 0.1) is 0 Å². The van der Waals surface area contributed by atoms with E-state index in [2.05, 4.69) is 5.32 Å². The van der Waals surface area contributed by atoms with E-state index in [0.29, 0.717) is 13.1 Å². The summed E-state index contributed by atoms with van der Waals surface area (Å²) in [7, 11) is -1.23. The fourth-order valence-electron chi connectivity index (χ4n) is 2.56. The second kappa shape index (κ2) is 5.39. The highest BCUT2D eigenvalue weighted by Gasteiger charge is 2.33. The Morgan fingerprint density at radius 3 is 2.19 bits per heavy atom. The maximum atomic E-state index is 12.7. The zero-order valence-electron chi connectivity index (χ0n) is 12.5. The van der Waals surface area contributed by atoms with Crippen molar-refractivity contribution in [3.63, 3.8) is 0 Å². The summed E-state index contributed by atoms with van der Waals surface area (Å²) in [6.45, 7) is 4.35. The maximum absolute atomic E-state index is 12.7. The Balaban J connectivity index is 2.55. The van der Waals surface area contributed by atoms with Gasteiger partial charge in [0.1, 0.15) is 0 Å². The van der Waals surface area contributed by atoms with Gasteiger partial charge in [-0.05, 0) is 13.8 Å². The quantitative estimate of drug-likeness (QED) is 0.713. The van der Waals surface area contributed by atoms with Crippen LogP contribution in [0, 0.1) is 0 Å².